The van der Waals surface area contributed by atoms with Crippen molar-refractivity contribution < 1.29 is 30.0 Å². The highest BCUT2D eigenvalue weighted by Crippen LogP contribution is 2.70. The largest absolute Gasteiger partial charge is 0.458 e. The van der Waals surface area contributed by atoms with E-state index in [9.17, 15) is 25.2 Å². The Morgan fingerprint density at radius 1 is 1.07 bits per heavy atom. The molecule has 6 unspecified atom stereocenters. The van der Waals surface area contributed by atoms with Crippen LogP contribution >= 0.6 is 0 Å². The zero-order valence-electron chi connectivity index (χ0n) is 17.3. The van der Waals surface area contributed by atoms with E-state index in [-0.39, 0.29) is 35.7 Å². The molecule has 0 saturated heterocycles. The molecule has 0 bridgehead atoms. The van der Waals surface area contributed by atoms with Crippen LogP contribution in [0.4, 0.5) is 0 Å². The molecule has 0 aromatic rings. The van der Waals surface area contributed by atoms with Gasteiger partial charge in [0.1, 0.15) is 6.61 Å². The van der Waals surface area contributed by atoms with E-state index in [1.54, 1.807) is 6.08 Å². The van der Waals surface area contributed by atoms with E-state index >= 15 is 0 Å². The van der Waals surface area contributed by atoms with Crippen LogP contribution in [-0.2, 0) is 9.53 Å². The highest BCUT2D eigenvalue weighted by atomic mass is 16.5. The second-order valence-electron chi connectivity index (χ2n) is 10.8. The summed E-state index contributed by atoms with van der Waals surface area (Å²) in [5, 5.41) is 44.4. The predicted octanol–water partition coefficient (Wildman–Crippen LogP) is 1.69. The third-order valence-corrected chi connectivity index (χ3v) is 10.1. The lowest BCUT2D eigenvalue weighted by Crippen LogP contribution is -2.69. The van der Waals surface area contributed by atoms with E-state index < -0.39 is 22.7 Å². The van der Waals surface area contributed by atoms with Crippen molar-refractivity contribution in [2.75, 3.05) is 13.2 Å². The van der Waals surface area contributed by atoms with Crippen LogP contribution in [0.15, 0.2) is 11.6 Å². The zero-order valence-corrected chi connectivity index (χ0v) is 17.3. The Labute approximate surface area is 172 Å². The van der Waals surface area contributed by atoms with Crippen molar-refractivity contribution in [2.45, 2.75) is 82.0 Å². The monoisotopic (exact) mass is 406 g/mol. The van der Waals surface area contributed by atoms with Crippen LogP contribution in [0.3, 0.4) is 0 Å². The summed E-state index contributed by atoms with van der Waals surface area (Å²) in [6, 6.07) is 0. The van der Waals surface area contributed by atoms with Gasteiger partial charge in [-0.1, -0.05) is 6.92 Å². The summed E-state index contributed by atoms with van der Waals surface area (Å²) in [7, 11) is 0. The molecule has 29 heavy (non-hydrogen) atoms. The van der Waals surface area contributed by atoms with Crippen LogP contribution in [0, 0.1) is 28.6 Å². The number of ether oxygens (including phenoxy) is 1. The summed E-state index contributed by atoms with van der Waals surface area (Å²) >= 11 is 0. The van der Waals surface area contributed by atoms with Gasteiger partial charge in [0, 0.05) is 23.3 Å². The SMILES string of the molecule is CC12CC[C@@H]3[C@@H](CCC4(O)CC(O)CCC34CO)C1(O)CCC2C1=CC(=O)OC1. The van der Waals surface area contributed by atoms with E-state index in [0.717, 1.165) is 24.8 Å². The molecular formula is C23H34O6. The molecule has 4 aliphatic carbocycles. The average Bonchev–Trinajstić information content (AvgIpc) is 3.21. The minimum absolute atomic E-state index is 0.0209. The first-order valence-electron chi connectivity index (χ1n) is 11.3. The number of rotatable bonds is 2. The van der Waals surface area contributed by atoms with Crippen LogP contribution in [0.25, 0.3) is 0 Å². The van der Waals surface area contributed by atoms with E-state index in [1.165, 1.54) is 0 Å². The second-order valence-corrected chi connectivity index (χ2v) is 10.8. The van der Waals surface area contributed by atoms with Gasteiger partial charge in [-0.2, -0.15) is 0 Å². The highest BCUT2D eigenvalue weighted by Gasteiger charge is 2.71. The van der Waals surface area contributed by atoms with E-state index in [4.69, 9.17) is 4.74 Å². The first-order valence-corrected chi connectivity index (χ1v) is 11.3. The zero-order chi connectivity index (χ0) is 20.7. The number of carbonyl (C=O) groups is 1. The third kappa shape index (κ3) is 2.40. The van der Waals surface area contributed by atoms with Gasteiger partial charge in [-0.15, -0.1) is 0 Å². The standard InChI is InChI=1S/C23H34O6/c1-20-6-3-17-18(4-8-22(27)11-15(25)2-7-21(17,22)13-24)23(20,28)9-5-16(20)14-10-19(26)29-12-14/h10,15-18,24-25,27-28H,2-9,11-13H2,1H3/t15?,16?,17-,18-,20?,21?,22?,23?/m1/s1. The van der Waals surface area contributed by atoms with Crippen LogP contribution in [0.1, 0.15) is 64.7 Å². The van der Waals surface area contributed by atoms with E-state index in [0.29, 0.717) is 45.1 Å². The van der Waals surface area contributed by atoms with Crippen molar-refractivity contribution in [3.8, 4) is 0 Å². The van der Waals surface area contributed by atoms with Gasteiger partial charge in [0.15, 0.2) is 0 Å². The third-order valence-electron chi connectivity index (χ3n) is 10.1. The number of aliphatic hydroxyl groups is 4. The Kier molecular flexibility index (Phi) is 4.33. The number of fused-ring (bicyclic) bond motifs is 5. The Morgan fingerprint density at radius 2 is 1.83 bits per heavy atom. The van der Waals surface area contributed by atoms with Gasteiger partial charge in [-0.05, 0) is 74.7 Å². The molecule has 0 aromatic heterocycles. The Bertz CT molecular complexity index is 750. The lowest BCUT2D eigenvalue weighted by molar-refractivity contribution is -0.269. The van der Waals surface area contributed by atoms with Gasteiger partial charge in [0.25, 0.3) is 0 Å². The Morgan fingerprint density at radius 3 is 2.52 bits per heavy atom. The fourth-order valence-electron chi connectivity index (χ4n) is 8.52. The van der Waals surface area contributed by atoms with E-state index in [2.05, 4.69) is 6.92 Å². The summed E-state index contributed by atoms with van der Waals surface area (Å²) in [6.07, 6.45) is 7.02. The maximum absolute atomic E-state index is 12.1. The van der Waals surface area contributed by atoms with Crippen LogP contribution in [-0.4, -0.2) is 56.9 Å². The van der Waals surface area contributed by atoms with E-state index in [1.807, 2.05) is 0 Å². The first-order chi connectivity index (χ1) is 13.7. The number of hydrogen-bond acceptors (Lipinski definition) is 6. The average molecular weight is 407 g/mol. The van der Waals surface area contributed by atoms with Crippen LogP contribution in [0.5, 0.6) is 0 Å². The van der Waals surface area contributed by atoms with Crippen molar-refractivity contribution in [2.24, 2.45) is 28.6 Å². The van der Waals surface area contributed by atoms with Crippen molar-refractivity contribution in [1.82, 2.24) is 0 Å². The molecule has 5 aliphatic rings. The Balaban J connectivity index is 1.51. The van der Waals surface area contributed by atoms with Crippen molar-refractivity contribution in [3.63, 3.8) is 0 Å². The molecule has 1 heterocycles. The molecule has 6 heteroatoms. The molecule has 8 atom stereocenters. The van der Waals surface area contributed by atoms with Crippen molar-refractivity contribution >= 4 is 5.97 Å². The minimum atomic E-state index is -1.06. The summed E-state index contributed by atoms with van der Waals surface area (Å²) in [5.41, 5.74) is -1.88. The van der Waals surface area contributed by atoms with Gasteiger partial charge in [0.2, 0.25) is 0 Å². The minimum Gasteiger partial charge on any atom is -0.458 e. The number of aliphatic hydroxyl groups excluding tert-OH is 2. The number of esters is 1. The summed E-state index contributed by atoms with van der Waals surface area (Å²) < 4.78 is 5.17. The van der Waals surface area contributed by atoms with Crippen molar-refractivity contribution in [1.29, 1.82) is 0 Å². The van der Waals surface area contributed by atoms with Gasteiger partial charge < -0.3 is 25.2 Å². The van der Waals surface area contributed by atoms with Gasteiger partial charge in [-0.25, -0.2) is 4.79 Å². The molecule has 0 aromatic carbocycles. The van der Waals surface area contributed by atoms with Gasteiger partial charge in [0.05, 0.1) is 23.9 Å². The predicted molar refractivity (Wildman–Crippen MR) is 105 cm³/mol. The lowest BCUT2D eigenvalue weighted by atomic mass is 9.41. The fraction of sp³-hybridized carbons (Fsp3) is 0.870. The summed E-state index contributed by atoms with van der Waals surface area (Å²) in [5.74, 6) is -0.0760. The number of carbonyl (C=O) groups excluding carboxylic acids is 1. The molecule has 162 valence electrons. The summed E-state index contributed by atoms with van der Waals surface area (Å²) in [4.78, 5) is 11.6. The molecule has 4 saturated carbocycles. The van der Waals surface area contributed by atoms with Crippen molar-refractivity contribution in [3.05, 3.63) is 11.6 Å². The first kappa shape index (κ1) is 20.0. The maximum atomic E-state index is 12.1. The van der Waals surface area contributed by atoms with Gasteiger partial charge >= 0.3 is 5.97 Å². The quantitative estimate of drug-likeness (QED) is 0.520. The molecule has 0 spiro atoms. The molecule has 6 nitrogen and oxygen atoms in total. The molecule has 5 rings (SSSR count). The molecule has 1 aliphatic heterocycles. The molecule has 4 fully saturated rings. The normalized spacial score (nSPS) is 54.2. The molecule has 0 amide bonds. The topological polar surface area (TPSA) is 107 Å². The molecular weight excluding hydrogens is 372 g/mol. The maximum Gasteiger partial charge on any atom is 0.331 e. The number of hydrogen-bond donors (Lipinski definition) is 4. The highest BCUT2D eigenvalue weighted by molar-refractivity contribution is 5.85. The Hall–Kier alpha value is -0.950. The van der Waals surface area contributed by atoms with Crippen LogP contribution in [0.2, 0.25) is 0 Å². The second kappa shape index (κ2) is 6.28. The lowest BCUT2D eigenvalue weighted by Gasteiger charge is -2.66. The number of cyclic esters (lactones) is 1. The molecule has 4 N–H and O–H groups in total. The molecule has 0 radical (unpaired) electrons. The van der Waals surface area contributed by atoms with Crippen LogP contribution < -0.4 is 0 Å². The fourth-order valence-corrected chi connectivity index (χ4v) is 8.52. The summed E-state index contributed by atoms with van der Waals surface area (Å²) in [6.45, 7) is 2.41. The van der Waals surface area contributed by atoms with Gasteiger partial charge in [-0.3, -0.25) is 0 Å². The smallest absolute Gasteiger partial charge is 0.331 e.